The van der Waals surface area contributed by atoms with Gasteiger partial charge in [0.1, 0.15) is 0 Å². The van der Waals surface area contributed by atoms with Crippen molar-refractivity contribution >= 4 is 0 Å². The maximum absolute atomic E-state index is 9.63. The van der Waals surface area contributed by atoms with Crippen LogP contribution in [0.5, 0.6) is 0 Å². The molecule has 0 saturated heterocycles. The van der Waals surface area contributed by atoms with Gasteiger partial charge in [0.05, 0.1) is 18.3 Å². The first-order chi connectivity index (χ1) is 6.18. The van der Waals surface area contributed by atoms with Gasteiger partial charge in [-0.25, -0.2) is 0 Å². The van der Waals surface area contributed by atoms with Crippen molar-refractivity contribution in [2.75, 3.05) is 0 Å². The van der Waals surface area contributed by atoms with E-state index >= 15 is 0 Å². The minimum Gasteiger partial charge on any atom is -0.387 e. The van der Waals surface area contributed by atoms with Crippen molar-refractivity contribution in [3.8, 4) is 0 Å². The van der Waals surface area contributed by atoms with E-state index in [4.69, 9.17) is 5.73 Å². The molecule has 1 aliphatic rings. The van der Waals surface area contributed by atoms with Gasteiger partial charge in [-0.2, -0.15) is 5.10 Å². The van der Waals surface area contributed by atoms with E-state index in [-0.39, 0.29) is 6.04 Å². The number of hydrogen-bond acceptors (Lipinski definition) is 3. The van der Waals surface area contributed by atoms with Crippen LogP contribution in [0.25, 0.3) is 0 Å². The Labute approximate surface area is 77.4 Å². The Kier molecular flexibility index (Phi) is 2.09. The summed E-state index contributed by atoms with van der Waals surface area (Å²) in [4.78, 5) is 0. The van der Waals surface area contributed by atoms with E-state index in [1.807, 2.05) is 10.9 Å². The van der Waals surface area contributed by atoms with Gasteiger partial charge in [0.25, 0.3) is 0 Å². The van der Waals surface area contributed by atoms with Gasteiger partial charge in [-0.15, -0.1) is 0 Å². The molecule has 13 heavy (non-hydrogen) atoms. The lowest BCUT2D eigenvalue weighted by Gasteiger charge is -2.11. The van der Waals surface area contributed by atoms with Crippen molar-refractivity contribution in [2.24, 2.45) is 5.73 Å². The Bertz CT molecular complexity index is 291. The number of nitrogens with two attached hydrogens (primary N) is 1. The summed E-state index contributed by atoms with van der Waals surface area (Å²) in [5.74, 6) is 0. The first-order valence-corrected chi connectivity index (χ1v) is 4.66. The molecule has 0 aliphatic heterocycles. The SMILES string of the molecule is CC(N)C(O)c1cnn(C2CC2)c1. The molecule has 1 aliphatic carbocycles. The summed E-state index contributed by atoms with van der Waals surface area (Å²) in [6, 6.07) is 0.325. The van der Waals surface area contributed by atoms with Gasteiger partial charge in [-0.1, -0.05) is 0 Å². The molecule has 1 heterocycles. The zero-order chi connectivity index (χ0) is 9.42. The first-order valence-electron chi connectivity index (χ1n) is 4.66. The van der Waals surface area contributed by atoms with Crippen LogP contribution in [0.2, 0.25) is 0 Å². The lowest BCUT2D eigenvalue weighted by atomic mass is 10.1. The van der Waals surface area contributed by atoms with Crippen molar-refractivity contribution in [1.82, 2.24) is 9.78 Å². The van der Waals surface area contributed by atoms with Gasteiger partial charge >= 0.3 is 0 Å². The molecule has 2 unspecified atom stereocenters. The maximum atomic E-state index is 9.63. The number of nitrogens with zero attached hydrogens (tertiary/aromatic N) is 2. The third kappa shape index (κ3) is 1.73. The molecule has 0 amide bonds. The fourth-order valence-corrected chi connectivity index (χ4v) is 1.35. The molecule has 72 valence electrons. The minimum absolute atomic E-state index is 0.239. The van der Waals surface area contributed by atoms with Gasteiger partial charge in [0.15, 0.2) is 0 Å². The monoisotopic (exact) mass is 181 g/mol. The summed E-state index contributed by atoms with van der Waals surface area (Å²) in [6.45, 7) is 1.79. The van der Waals surface area contributed by atoms with Crippen molar-refractivity contribution in [3.05, 3.63) is 18.0 Å². The average Bonchev–Trinajstić information content (AvgIpc) is 2.83. The van der Waals surface area contributed by atoms with Crippen LogP contribution in [0.1, 0.15) is 37.5 Å². The molecular weight excluding hydrogens is 166 g/mol. The fraction of sp³-hybridized carbons (Fsp3) is 0.667. The Morgan fingerprint density at radius 1 is 1.69 bits per heavy atom. The summed E-state index contributed by atoms with van der Waals surface area (Å²) in [7, 11) is 0. The zero-order valence-corrected chi connectivity index (χ0v) is 7.72. The third-order valence-electron chi connectivity index (χ3n) is 2.38. The highest BCUT2D eigenvalue weighted by molar-refractivity contribution is 5.11. The van der Waals surface area contributed by atoms with Gasteiger partial charge < -0.3 is 10.8 Å². The molecule has 0 radical (unpaired) electrons. The summed E-state index contributed by atoms with van der Waals surface area (Å²) in [5.41, 5.74) is 6.40. The van der Waals surface area contributed by atoms with Gasteiger partial charge in [0.2, 0.25) is 0 Å². The molecule has 1 saturated carbocycles. The van der Waals surface area contributed by atoms with E-state index in [1.165, 1.54) is 12.8 Å². The molecule has 0 spiro atoms. The number of aliphatic hydroxyl groups is 1. The van der Waals surface area contributed by atoms with Gasteiger partial charge in [-0.05, 0) is 19.8 Å². The number of aromatic nitrogens is 2. The van der Waals surface area contributed by atoms with E-state index in [1.54, 1.807) is 13.1 Å². The molecule has 1 aromatic heterocycles. The van der Waals surface area contributed by atoms with Crippen LogP contribution in [0.3, 0.4) is 0 Å². The van der Waals surface area contributed by atoms with Crippen molar-refractivity contribution in [1.29, 1.82) is 0 Å². The highest BCUT2D eigenvalue weighted by atomic mass is 16.3. The van der Waals surface area contributed by atoms with Gasteiger partial charge in [0, 0.05) is 17.8 Å². The van der Waals surface area contributed by atoms with Crippen LogP contribution in [0.4, 0.5) is 0 Å². The summed E-state index contributed by atoms with van der Waals surface area (Å²) >= 11 is 0. The predicted octanol–water partition coefficient (Wildman–Crippen LogP) is 0.599. The molecule has 2 rings (SSSR count). The van der Waals surface area contributed by atoms with Crippen LogP contribution in [-0.2, 0) is 0 Å². The van der Waals surface area contributed by atoms with E-state index in [2.05, 4.69) is 5.10 Å². The molecule has 1 aromatic rings. The Balaban J connectivity index is 2.11. The number of rotatable bonds is 3. The highest BCUT2D eigenvalue weighted by Gasteiger charge is 2.25. The summed E-state index contributed by atoms with van der Waals surface area (Å²) in [5, 5.41) is 13.8. The smallest absolute Gasteiger partial charge is 0.0968 e. The molecular formula is C9H15N3O. The largest absolute Gasteiger partial charge is 0.387 e. The van der Waals surface area contributed by atoms with E-state index in [9.17, 15) is 5.11 Å². The molecule has 0 aromatic carbocycles. The highest BCUT2D eigenvalue weighted by Crippen LogP contribution is 2.34. The molecule has 4 nitrogen and oxygen atoms in total. The first kappa shape index (κ1) is 8.72. The van der Waals surface area contributed by atoms with Crippen molar-refractivity contribution in [2.45, 2.75) is 38.0 Å². The second kappa shape index (κ2) is 3.12. The molecule has 4 heteroatoms. The topological polar surface area (TPSA) is 64.1 Å². The van der Waals surface area contributed by atoms with E-state index in [0.29, 0.717) is 6.04 Å². The third-order valence-corrected chi connectivity index (χ3v) is 2.38. The molecule has 1 fully saturated rings. The lowest BCUT2D eigenvalue weighted by molar-refractivity contribution is 0.153. The fourth-order valence-electron chi connectivity index (χ4n) is 1.35. The maximum Gasteiger partial charge on any atom is 0.0968 e. The zero-order valence-electron chi connectivity index (χ0n) is 7.72. The summed E-state index contributed by atoms with van der Waals surface area (Å²) in [6.07, 6.45) is 5.41. The average molecular weight is 181 g/mol. The molecule has 2 atom stereocenters. The molecule has 0 bridgehead atoms. The minimum atomic E-state index is -0.590. The van der Waals surface area contributed by atoms with E-state index in [0.717, 1.165) is 5.56 Å². The van der Waals surface area contributed by atoms with Crippen LogP contribution in [0.15, 0.2) is 12.4 Å². The second-order valence-electron chi connectivity index (χ2n) is 3.79. The van der Waals surface area contributed by atoms with Crippen LogP contribution >= 0.6 is 0 Å². The normalized spacial score (nSPS) is 21.5. The summed E-state index contributed by atoms with van der Waals surface area (Å²) < 4.78 is 1.92. The van der Waals surface area contributed by atoms with Crippen LogP contribution in [0, 0.1) is 0 Å². The second-order valence-corrected chi connectivity index (χ2v) is 3.79. The Hall–Kier alpha value is -0.870. The predicted molar refractivity (Wildman–Crippen MR) is 49.1 cm³/mol. The molecule has 3 N–H and O–H groups in total. The lowest BCUT2D eigenvalue weighted by Crippen LogP contribution is -2.24. The van der Waals surface area contributed by atoms with Crippen LogP contribution in [-0.4, -0.2) is 20.9 Å². The van der Waals surface area contributed by atoms with E-state index < -0.39 is 6.10 Å². The Morgan fingerprint density at radius 3 is 2.92 bits per heavy atom. The van der Waals surface area contributed by atoms with Crippen LogP contribution < -0.4 is 5.73 Å². The standard InChI is InChI=1S/C9H15N3O/c1-6(10)9(13)7-4-11-12(5-7)8-2-3-8/h4-6,8-9,13H,2-3,10H2,1H3. The van der Waals surface area contributed by atoms with Crippen molar-refractivity contribution < 1.29 is 5.11 Å². The quantitative estimate of drug-likeness (QED) is 0.717. The number of aliphatic hydroxyl groups excluding tert-OH is 1. The van der Waals surface area contributed by atoms with Gasteiger partial charge in [-0.3, -0.25) is 4.68 Å². The number of hydrogen-bond donors (Lipinski definition) is 2. The van der Waals surface area contributed by atoms with Crippen molar-refractivity contribution in [3.63, 3.8) is 0 Å². The Morgan fingerprint density at radius 2 is 2.38 bits per heavy atom.